The van der Waals surface area contributed by atoms with Crippen LogP contribution in [0.2, 0.25) is 0 Å². The van der Waals surface area contributed by atoms with E-state index >= 15 is 0 Å². The first-order valence-corrected chi connectivity index (χ1v) is 10.8. The normalized spacial score (nSPS) is 22.8. The highest BCUT2D eigenvalue weighted by Gasteiger charge is 2.36. The zero-order valence-corrected chi connectivity index (χ0v) is 16.6. The van der Waals surface area contributed by atoms with Crippen LogP contribution in [-0.4, -0.2) is 62.3 Å². The molecule has 3 aliphatic heterocycles. The molecule has 1 N–H and O–H groups in total. The molecule has 7 heteroatoms. The van der Waals surface area contributed by atoms with Crippen LogP contribution < -0.4 is 0 Å². The average molecular weight is 386 g/mol. The van der Waals surface area contributed by atoms with Gasteiger partial charge in [-0.3, -0.25) is 14.8 Å². The number of carbonyl (C=O) groups excluding carboxylic acids is 1. The van der Waals surface area contributed by atoms with Crippen molar-refractivity contribution < 1.29 is 4.79 Å². The summed E-state index contributed by atoms with van der Waals surface area (Å²) in [4.78, 5) is 21.9. The molecular weight excluding hydrogens is 358 g/mol. The first-order chi connectivity index (χ1) is 13.2. The lowest BCUT2D eigenvalue weighted by Crippen LogP contribution is -2.48. The van der Waals surface area contributed by atoms with Crippen molar-refractivity contribution in [3.05, 3.63) is 41.7 Å². The Hall–Kier alpha value is -1.86. The molecule has 0 unspecified atom stereocenters. The molecule has 0 radical (unpaired) electrons. The number of thioether (sulfide) groups is 1. The molecule has 2 aromatic rings. The summed E-state index contributed by atoms with van der Waals surface area (Å²) in [7, 11) is 0. The minimum Gasteiger partial charge on any atom is -0.337 e. The van der Waals surface area contributed by atoms with E-state index in [-0.39, 0.29) is 5.91 Å². The molecule has 3 fully saturated rings. The number of amides is 1. The minimum atomic E-state index is 0.221. The third kappa shape index (κ3) is 4.52. The van der Waals surface area contributed by atoms with Gasteiger partial charge in [0.25, 0.3) is 0 Å². The quantitative estimate of drug-likeness (QED) is 0.775. The predicted octanol–water partition coefficient (Wildman–Crippen LogP) is 2.58. The Morgan fingerprint density at radius 1 is 1.22 bits per heavy atom. The lowest BCUT2D eigenvalue weighted by molar-refractivity contribution is -0.132. The van der Waals surface area contributed by atoms with E-state index in [0.717, 1.165) is 44.8 Å². The van der Waals surface area contributed by atoms with Gasteiger partial charge < -0.3 is 4.90 Å². The maximum atomic E-state index is 12.9. The first-order valence-electron chi connectivity index (χ1n) is 9.81. The van der Waals surface area contributed by atoms with E-state index in [2.05, 4.69) is 55.3 Å². The molecule has 6 nitrogen and oxygen atoms in total. The zero-order valence-electron chi connectivity index (χ0n) is 15.8. The Kier molecular flexibility index (Phi) is 5.78. The highest BCUT2D eigenvalue weighted by molar-refractivity contribution is 7.99. The van der Waals surface area contributed by atoms with Gasteiger partial charge in [-0.2, -0.15) is 0 Å². The number of hydrogen-bond donors (Lipinski definition) is 1. The number of hydrogen-bond acceptors (Lipinski definition) is 5. The van der Waals surface area contributed by atoms with Gasteiger partial charge in [-0.15, -0.1) is 5.10 Å². The Balaban J connectivity index is 1.36. The molecule has 2 bridgehead atoms. The number of benzene rings is 1. The fourth-order valence-electron chi connectivity index (χ4n) is 4.16. The van der Waals surface area contributed by atoms with Crippen molar-refractivity contribution >= 4 is 17.7 Å². The van der Waals surface area contributed by atoms with Crippen LogP contribution in [-0.2, 0) is 17.8 Å². The largest absolute Gasteiger partial charge is 0.337 e. The number of carbonyl (C=O) groups is 1. The summed E-state index contributed by atoms with van der Waals surface area (Å²) in [6.45, 7) is 5.96. The van der Waals surface area contributed by atoms with E-state index in [1.807, 2.05) is 6.92 Å². The maximum absolute atomic E-state index is 12.9. The van der Waals surface area contributed by atoms with Gasteiger partial charge in [-0.1, -0.05) is 49.0 Å². The molecule has 4 heterocycles. The number of H-pyrrole nitrogens is 1. The van der Waals surface area contributed by atoms with Crippen LogP contribution in [0.4, 0.5) is 0 Å². The van der Waals surface area contributed by atoms with Gasteiger partial charge in [-0.25, -0.2) is 4.98 Å². The smallest absolute Gasteiger partial charge is 0.233 e. The van der Waals surface area contributed by atoms with Gasteiger partial charge in [-0.05, 0) is 24.3 Å². The fraction of sp³-hybridized carbons (Fsp3) is 0.550. The predicted molar refractivity (Wildman–Crippen MR) is 106 cm³/mol. The zero-order chi connectivity index (χ0) is 18.6. The van der Waals surface area contributed by atoms with Crippen LogP contribution in [0.1, 0.15) is 31.2 Å². The SMILES string of the molecule is CCc1nc(SCC(=O)N2C[C@H]3CC[C@@H]2CN(Cc2ccccc2)C3)n[nH]1. The Bertz CT molecular complexity index is 765. The van der Waals surface area contributed by atoms with Crippen molar-refractivity contribution in [2.45, 2.75) is 43.9 Å². The second-order valence-corrected chi connectivity index (χ2v) is 8.47. The number of aromatic amines is 1. The molecule has 5 rings (SSSR count). The van der Waals surface area contributed by atoms with E-state index in [1.165, 1.54) is 23.7 Å². The third-order valence-electron chi connectivity index (χ3n) is 5.53. The van der Waals surface area contributed by atoms with Crippen molar-refractivity contribution in [3.8, 4) is 0 Å². The summed E-state index contributed by atoms with van der Waals surface area (Å²) >= 11 is 1.44. The number of piperidine rings is 1. The molecule has 3 aliphatic rings. The van der Waals surface area contributed by atoms with Crippen LogP contribution in [0.15, 0.2) is 35.5 Å². The number of aryl methyl sites for hydroxylation is 1. The van der Waals surface area contributed by atoms with Gasteiger partial charge in [0.2, 0.25) is 11.1 Å². The third-order valence-corrected chi connectivity index (χ3v) is 6.36. The molecule has 1 aromatic heterocycles. The van der Waals surface area contributed by atoms with Crippen molar-refractivity contribution in [1.29, 1.82) is 0 Å². The van der Waals surface area contributed by atoms with Crippen molar-refractivity contribution in [1.82, 2.24) is 25.0 Å². The first kappa shape index (κ1) is 18.5. The summed E-state index contributed by atoms with van der Waals surface area (Å²) in [6, 6.07) is 11.0. The molecule has 0 spiro atoms. The van der Waals surface area contributed by atoms with E-state index in [4.69, 9.17) is 0 Å². The van der Waals surface area contributed by atoms with Crippen molar-refractivity contribution in [2.24, 2.45) is 5.92 Å². The van der Waals surface area contributed by atoms with Crippen LogP contribution in [0.25, 0.3) is 0 Å². The van der Waals surface area contributed by atoms with Gasteiger partial charge in [0, 0.05) is 38.6 Å². The summed E-state index contributed by atoms with van der Waals surface area (Å²) in [6.07, 6.45) is 3.18. The highest BCUT2D eigenvalue weighted by Crippen LogP contribution is 2.29. The van der Waals surface area contributed by atoms with Crippen LogP contribution in [0.3, 0.4) is 0 Å². The molecule has 27 heavy (non-hydrogen) atoms. The Morgan fingerprint density at radius 2 is 2.07 bits per heavy atom. The summed E-state index contributed by atoms with van der Waals surface area (Å²) in [5.74, 6) is 2.09. The van der Waals surface area contributed by atoms with E-state index in [9.17, 15) is 4.79 Å². The monoisotopic (exact) mass is 385 g/mol. The van der Waals surface area contributed by atoms with Gasteiger partial charge in [0.1, 0.15) is 5.82 Å². The van der Waals surface area contributed by atoms with E-state index in [0.29, 0.717) is 22.9 Å². The van der Waals surface area contributed by atoms with Crippen LogP contribution in [0.5, 0.6) is 0 Å². The van der Waals surface area contributed by atoms with E-state index in [1.54, 1.807) is 0 Å². The van der Waals surface area contributed by atoms with Crippen LogP contribution >= 0.6 is 11.8 Å². The molecule has 0 saturated carbocycles. The Morgan fingerprint density at radius 3 is 2.85 bits per heavy atom. The average Bonchev–Trinajstić information content (AvgIpc) is 2.99. The number of nitrogens with one attached hydrogen (secondary N) is 1. The molecule has 3 saturated heterocycles. The standard InChI is InChI=1S/C20H27N5OS/c1-2-18-21-20(23-22-18)27-14-19(26)25-12-16-8-9-17(25)13-24(11-16)10-15-6-4-3-5-7-15/h3-7,16-17H,2,8-14H2,1H3,(H,21,22,23)/t16-,17+/m0/s1. The molecule has 144 valence electrons. The van der Waals surface area contributed by atoms with Gasteiger partial charge >= 0.3 is 0 Å². The van der Waals surface area contributed by atoms with Crippen molar-refractivity contribution in [2.75, 3.05) is 25.4 Å². The minimum absolute atomic E-state index is 0.221. The molecular formula is C20H27N5OS. The fourth-order valence-corrected chi connectivity index (χ4v) is 4.87. The lowest BCUT2D eigenvalue weighted by atomic mass is 9.95. The summed E-state index contributed by atoms with van der Waals surface area (Å²) < 4.78 is 0. The summed E-state index contributed by atoms with van der Waals surface area (Å²) in [5, 5.41) is 7.76. The molecule has 1 aromatic carbocycles. The maximum Gasteiger partial charge on any atom is 0.233 e. The number of rotatable bonds is 6. The summed E-state index contributed by atoms with van der Waals surface area (Å²) in [5.41, 5.74) is 1.35. The number of aromatic nitrogens is 3. The number of nitrogens with zero attached hydrogens (tertiary/aromatic N) is 4. The van der Waals surface area contributed by atoms with E-state index < -0.39 is 0 Å². The number of fused-ring (bicyclic) bond motifs is 4. The molecule has 1 amide bonds. The molecule has 2 atom stereocenters. The molecule has 0 aliphatic carbocycles. The second kappa shape index (κ2) is 8.44. The highest BCUT2D eigenvalue weighted by atomic mass is 32.2. The Labute approximate surface area is 164 Å². The van der Waals surface area contributed by atoms with Crippen molar-refractivity contribution in [3.63, 3.8) is 0 Å². The lowest BCUT2D eigenvalue weighted by Gasteiger charge is -2.36. The van der Waals surface area contributed by atoms with Gasteiger partial charge in [0.15, 0.2) is 0 Å². The second-order valence-electron chi connectivity index (χ2n) is 7.53. The topological polar surface area (TPSA) is 65.1 Å². The van der Waals surface area contributed by atoms with Crippen LogP contribution in [0, 0.1) is 5.92 Å². The van der Waals surface area contributed by atoms with Gasteiger partial charge in [0.05, 0.1) is 5.75 Å².